The number of aliphatic hydroxyl groups is 1. The first kappa shape index (κ1) is 22.0. The van der Waals surface area contributed by atoms with E-state index in [-0.39, 0.29) is 6.04 Å². The maximum absolute atomic E-state index is 10.2. The van der Waals surface area contributed by atoms with E-state index in [2.05, 4.69) is 39.6 Å². The second-order valence-corrected chi connectivity index (χ2v) is 8.58. The van der Waals surface area contributed by atoms with Gasteiger partial charge in [0.2, 0.25) is 5.95 Å². The summed E-state index contributed by atoms with van der Waals surface area (Å²) >= 11 is 0. The quantitative estimate of drug-likeness (QED) is 0.616. The summed E-state index contributed by atoms with van der Waals surface area (Å²) in [6.07, 6.45) is 2.89. The normalized spacial score (nSPS) is 17.6. The number of nitrogens with one attached hydrogen (secondary N) is 2. The molecule has 1 aromatic heterocycles. The first-order valence-corrected chi connectivity index (χ1v) is 10.7. The van der Waals surface area contributed by atoms with Crippen molar-refractivity contribution in [3.63, 3.8) is 0 Å². The fraction of sp³-hybridized carbons (Fsp3) is 0.522. The van der Waals surface area contributed by atoms with E-state index in [1.54, 1.807) is 12.1 Å². The third-order valence-electron chi connectivity index (χ3n) is 5.58. The third-order valence-corrected chi connectivity index (χ3v) is 5.58. The summed E-state index contributed by atoms with van der Waals surface area (Å²) < 4.78 is 0. The van der Waals surface area contributed by atoms with E-state index >= 15 is 0 Å². The molecule has 160 valence electrons. The molecule has 0 spiro atoms. The average Bonchev–Trinajstić information content (AvgIpc) is 3.16. The lowest BCUT2D eigenvalue weighted by molar-refractivity contribution is 0.0407. The molecular formula is C23H32N6O. The van der Waals surface area contributed by atoms with Crippen molar-refractivity contribution >= 4 is 17.5 Å². The summed E-state index contributed by atoms with van der Waals surface area (Å²) in [5.41, 5.74) is 1.64. The largest absolute Gasteiger partial charge is 0.389 e. The molecule has 1 saturated heterocycles. The number of aryl methyl sites for hydroxylation is 1. The van der Waals surface area contributed by atoms with Crippen molar-refractivity contribution < 1.29 is 5.11 Å². The van der Waals surface area contributed by atoms with Gasteiger partial charge in [-0.15, -0.1) is 0 Å². The monoisotopic (exact) mass is 408 g/mol. The maximum Gasteiger partial charge on any atom is 0.229 e. The van der Waals surface area contributed by atoms with Crippen molar-refractivity contribution in [2.24, 2.45) is 0 Å². The first-order valence-electron chi connectivity index (χ1n) is 10.7. The van der Waals surface area contributed by atoms with Crippen LogP contribution in [0.3, 0.4) is 0 Å². The van der Waals surface area contributed by atoms with E-state index in [0.29, 0.717) is 17.6 Å². The van der Waals surface area contributed by atoms with Crippen molar-refractivity contribution in [1.82, 2.24) is 15.3 Å². The fourth-order valence-corrected chi connectivity index (χ4v) is 3.54. The summed E-state index contributed by atoms with van der Waals surface area (Å²) in [6.45, 7) is 9.56. The van der Waals surface area contributed by atoms with E-state index in [4.69, 9.17) is 10.2 Å². The van der Waals surface area contributed by atoms with E-state index in [0.717, 1.165) is 49.6 Å². The Bertz CT molecular complexity index is 901. The van der Waals surface area contributed by atoms with Gasteiger partial charge >= 0.3 is 0 Å². The Balaban J connectivity index is 1.77. The van der Waals surface area contributed by atoms with Gasteiger partial charge in [0.05, 0.1) is 17.2 Å². The van der Waals surface area contributed by atoms with Crippen LogP contribution in [-0.4, -0.2) is 45.8 Å². The zero-order chi connectivity index (χ0) is 21.7. The molecule has 0 amide bonds. The second-order valence-electron chi connectivity index (χ2n) is 8.58. The van der Waals surface area contributed by atoms with Crippen molar-refractivity contribution in [2.75, 3.05) is 23.3 Å². The van der Waals surface area contributed by atoms with Gasteiger partial charge in [-0.3, -0.25) is 0 Å². The highest BCUT2D eigenvalue weighted by atomic mass is 16.3. The maximum atomic E-state index is 10.2. The van der Waals surface area contributed by atoms with Crippen LogP contribution in [0.25, 0.3) is 0 Å². The molecule has 0 saturated carbocycles. The average molecular weight is 409 g/mol. The van der Waals surface area contributed by atoms with E-state index in [9.17, 15) is 5.11 Å². The summed E-state index contributed by atoms with van der Waals surface area (Å²) in [6, 6.07) is 11.9. The van der Waals surface area contributed by atoms with Gasteiger partial charge in [0.25, 0.3) is 0 Å². The molecule has 3 N–H and O–H groups in total. The number of anilines is 3. The molecule has 3 rings (SSSR count). The van der Waals surface area contributed by atoms with Crippen LogP contribution >= 0.6 is 0 Å². The number of nitriles is 1. The van der Waals surface area contributed by atoms with E-state index in [1.807, 2.05) is 32.9 Å². The molecule has 7 heteroatoms. The minimum absolute atomic E-state index is 0.00754. The molecule has 1 aliphatic heterocycles. The van der Waals surface area contributed by atoms with Crippen LogP contribution in [0.5, 0.6) is 0 Å². The van der Waals surface area contributed by atoms with Crippen LogP contribution in [0.4, 0.5) is 17.5 Å². The Hall–Kier alpha value is -2.69. The van der Waals surface area contributed by atoms with Crippen LogP contribution in [0, 0.1) is 11.3 Å². The molecular weight excluding hydrogens is 376 g/mol. The predicted molar refractivity (Wildman–Crippen MR) is 120 cm³/mol. The lowest BCUT2D eigenvalue weighted by Gasteiger charge is -2.29. The standard InChI is InChI=1S/C23H32N6O/c1-5-7-18-13-21(29-11-10-20(15-29)25-16(2)23(3,4)30)28-22(26-18)27-19-9-6-8-17(12-19)14-24/h6,8-9,12-13,16,20,25,30H,5,7,10-11,15H2,1-4H3,(H,26,27,28)/t16?,20-/m0/s1. The molecule has 0 bridgehead atoms. The molecule has 2 heterocycles. The number of rotatable bonds is 8. The first-order chi connectivity index (χ1) is 14.3. The fourth-order valence-electron chi connectivity index (χ4n) is 3.54. The predicted octanol–water partition coefficient (Wildman–Crippen LogP) is 3.37. The Morgan fingerprint density at radius 1 is 1.33 bits per heavy atom. The molecule has 1 aliphatic rings. The van der Waals surface area contributed by atoms with Crippen LogP contribution in [0.2, 0.25) is 0 Å². The lowest BCUT2D eigenvalue weighted by Crippen LogP contribution is -2.49. The van der Waals surface area contributed by atoms with Gasteiger partial charge in [0, 0.05) is 42.6 Å². The molecule has 1 aromatic carbocycles. The second kappa shape index (κ2) is 9.41. The summed E-state index contributed by atoms with van der Waals surface area (Å²) in [7, 11) is 0. The molecule has 0 aliphatic carbocycles. The number of benzene rings is 1. The minimum atomic E-state index is -0.758. The van der Waals surface area contributed by atoms with Gasteiger partial charge in [0.15, 0.2) is 0 Å². The van der Waals surface area contributed by atoms with Crippen molar-refractivity contribution in [1.29, 1.82) is 5.26 Å². The summed E-state index contributed by atoms with van der Waals surface area (Å²) in [5, 5.41) is 26.1. The van der Waals surface area contributed by atoms with Crippen molar-refractivity contribution in [3.05, 3.63) is 41.6 Å². The molecule has 2 aromatic rings. The van der Waals surface area contributed by atoms with E-state index in [1.165, 1.54) is 0 Å². The number of aromatic nitrogens is 2. The molecule has 2 atom stereocenters. The summed E-state index contributed by atoms with van der Waals surface area (Å²) in [4.78, 5) is 11.7. The highest BCUT2D eigenvalue weighted by Gasteiger charge is 2.29. The van der Waals surface area contributed by atoms with Crippen LogP contribution in [-0.2, 0) is 6.42 Å². The van der Waals surface area contributed by atoms with Gasteiger partial charge in [0.1, 0.15) is 5.82 Å². The zero-order valence-electron chi connectivity index (χ0n) is 18.3. The number of hydrogen-bond donors (Lipinski definition) is 3. The number of nitrogens with zero attached hydrogens (tertiary/aromatic N) is 4. The summed E-state index contributed by atoms with van der Waals surface area (Å²) in [5.74, 6) is 1.46. The van der Waals surface area contributed by atoms with Gasteiger partial charge < -0.3 is 20.6 Å². The van der Waals surface area contributed by atoms with Crippen molar-refractivity contribution in [3.8, 4) is 6.07 Å². The molecule has 7 nitrogen and oxygen atoms in total. The van der Waals surface area contributed by atoms with Gasteiger partial charge in [-0.2, -0.15) is 10.2 Å². The lowest BCUT2D eigenvalue weighted by atomic mass is 10.00. The molecule has 0 radical (unpaired) electrons. The highest BCUT2D eigenvalue weighted by Crippen LogP contribution is 2.24. The Labute approximate surface area is 179 Å². The van der Waals surface area contributed by atoms with Crippen LogP contribution in [0.15, 0.2) is 30.3 Å². The highest BCUT2D eigenvalue weighted by molar-refractivity contribution is 5.58. The Morgan fingerprint density at radius 3 is 2.83 bits per heavy atom. The molecule has 30 heavy (non-hydrogen) atoms. The van der Waals surface area contributed by atoms with Gasteiger partial charge in [-0.1, -0.05) is 19.4 Å². The zero-order valence-corrected chi connectivity index (χ0v) is 18.3. The topological polar surface area (TPSA) is 97.1 Å². The Kier molecular flexibility index (Phi) is 6.91. The molecule has 1 fully saturated rings. The molecule has 1 unspecified atom stereocenters. The van der Waals surface area contributed by atoms with Crippen LogP contribution < -0.4 is 15.5 Å². The smallest absolute Gasteiger partial charge is 0.229 e. The van der Waals surface area contributed by atoms with E-state index < -0.39 is 5.60 Å². The van der Waals surface area contributed by atoms with Crippen LogP contribution in [0.1, 0.15) is 51.8 Å². The van der Waals surface area contributed by atoms with Crippen molar-refractivity contribution in [2.45, 2.75) is 64.6 Å². The minimum Gasteiger partial charge on any atom is -0.389 e. The third kappa shape index (κ3) is 5.68. The number of hydrogen-bond acceptors (Lipinski definition) is 7. The van der Waals surface area contributed by atoms with Gasteiger partial charge in [-0.25, -0.2) is 4.98 Å². The van der Waals surface area contributed by atoms with Gasteiger partial charge in [-0.05, 0) is 51.8 Å². The Morgan fingerprint density at radius 2 is 2.13 bits per heavy atom. The SMILES string of the molecule is CCCc1cc(N2CC[C@H](NC(C)C(C)(C)O)C2)nc(Nc2cccc(C#N)c2)n1.